The lowest BCUT2D eigenvalue weighted by atomic mass is 9.96. The first-order valence-corrected chi connectivity index (χ1v) is 11.6. The summed E-state index contributed by atoms with van der Waals surface area (Å²) in [5.74, 6) is 0. The first-order chi connectivity index (χ1) is 14.8. The summed E-state index contributed by atoms with van der Waals surface area (Å²) in [6.07, 6.45) is 1.03. The Hall–Kier alpha value is -2.69. The Labute approximate surface area is 182 Å². The van der Waals surface area contributed by atoms with Crippen LogP contribution in [-0.2, 0) is 6.42 Å². The Morgan fingerprint density at radius 3 is 2.03 bits per heavy atom. The second-order valence-corrected chi connectivity index (χ2v) is 8.87. The fourth-order valence-electron chi connectivity index (χ4n) is 4.47. The van der Waals surface area contributed by atoms with Gasteiger partial charge in [-0.3, -0.25) is 4.90 Å². The minimum absolute atomic E-state index is 0.302. The van der Waals surface area contributed by atoms with Crippen molar-refractivity contribution in [1.29, 1.82) is 0 Å². The third-order valence-electron chi connectivity index (χ3n) is 6.05. The van der Waals surface area contributed by atoms with Gasteiger partial charge in [0.1, 0.15) is 0 Å². The molecule has 30 heavy (non-hydrogen) atoms. The number of anilines is 1. The van der Waals surface area contributed by atoms with E-state index >= 15 is 0 Å². The smallest absolute Gasteiger partial charge is 0.186 e. The molecule has 3 aromatic carbocycles. The summed E-state index contributed by atoms with van der Waals surface area (Å²) >= 11 is 1.83. The highest BCUT2D eigenvalue weighted by molar-refractivity contribution is 7.22. The van der Waals surface area contributed by atoms with Crippen LogP contribution in [0, 0.1) is 0 Å². The molecule has 1 aromatic heterocycles. The van der Waals surface area contributed by atoms with E-state index in [0.29, 0.717) is 6.04 Å². The maximum atomic E-state index is 5.02. The van der Waals surface area contributed by atoms with E-state index in [-0.39, 0.29) is 0 Å². The number of piperazine rings is 1. The summed E-state index contributed by atoms with van der Waals surface area (Å²) in [5, 5.41) is 1.17. The van der Waals surface area contributed by atoms with Crippen molar-refractivity contribution in [3.8, 4) is 0 Å². The molecule has 2 heterocycles. The molecule has 3 nitrogen and oxygen atoms in total. The molecule has 0 atom stereocenters. The number of thiazole rings is 1. The van der Waals surface area contributed by atoms with Gasteiger partial charge < -0.3 is 4.90 Å². The summed E-state index contributed by atoms with van der Waals surface area (Å²) in [5.41, 5.74) is 5.27. The fraction of sp³-hybridized carbons (Fsp3) is 0.269. The van der Waals surface area contributed by atoms with Crippen LogP contribution in [0.15, 0.2) is 78.9 Å². The average Bonchev–Trinajstić information content (AvgIpc) is 3.26. The van der Waals surface area contributed by atoms with Crippen molar-refractivity contribution in [3.63, 3.8) is 0 Å². The highest BCUT2D eigenvalue weighted by Gasteiger charge is 2.27. The summed E-state index contributed by atoms with van der Waals surface area (Å²) in [4.78, 5) is 10.1. The molecular formula is C26H27N3S. The van der Waals surface area contributed by atoms with Gasteiger partial charge in [-0.1, -0.05) is 91.1 Å². The van der Waals surface area contributed by atoms with Gasteiger partial charge in [0.05, 0.1) is 16.3 Å². The van der Waals surface area contributed by atoms with Crippen LogP contribution in [0.3, 0.4) is 0 Å². The number of para-hydroxylation sites is 1. The van der Waals surface area contributed by atoms with Crippen molar-refractivity contribution >= 4 is 26.7 Å². The molecule has 0 bridgehead atoms. The van der Waals surface area contributed by atoms with Crippen molar-refractivity contribution in [2.24, 2.45) is 0 Å². The number of fused-ring (bicyclic) bond motifs is 1. The lowest BCUT2D eigenvalue weighted by molar-refractivity contribution is 0.212. The normalized spacial score (nSPS) is 15.2. The molecule has 0 saturated carbocycles. The average molecular weight is 414 g/mol. The molecular weight excluding hydrogens is 386 g/mol. The number of rotatable bonds is 5. The summed E-state index contributed by atoms with van der Waals surface area (Å²) < 4.78 is 1.30. The molecule has 1 saturated heterocycles. The lowest BCUT2D eigenvalue weighted by Crippen LogP contribution is -2.47. The van der Waals surface area contributed by atoms with Crippen molar-refractivity contribution in [1.82, 2.24) is 9.88 Å². The Morgan fingerprint density at radius 2 is 1.43 bits per heavy atom. The first-order valence-electron chi connectivity index (χ1n) is 10.8. The van der Waals surface area contributed by atoms with Crippen molar-refractivity contribution in [2.45, 2.75) is 19.4 Å². The lowest BCUT2D eigenvalue weighted by Gasteiger charge is -2.39. The molecule has 0 spiro atoms. The van der Waals surface area contributed by atoms with E-state index in [0.717, 1.165) is 32.6 Å². The predicted molar refractivity (Wildman–Crippen MR) is 128 cm³/mol. The summed E-state index contributed by atoms with van der Waals surface area (Å²) in [6.45, 7) is 6.30. The topological polar surface area (TPSA) is 19.4 Å². The van der Waals surface area contributed by atoms with Crippen LogP contribution >= 0.6 is 11.3 Å². The zero-order valence-corrected chi connectivity index (χ0v) is 18.2. The molecule has 152 valence electrons. The van der Waals surface area contributed by atoms with Gasteiger partial charge in [-0.15, -0.1) is 0 Å². The number of hydrogen-bond donors (Lipinski definition) is 0. The third kappa shape index (κ3) is 3.73. The molecule has 4 heteroatoms. The third-order valence-corrected chi connectivity index (χ3v) is 7.13. The van der Waals surface area contributed by atoms with E-state index in [1.165, 1.54) is 32.0 Å². The maximum Gasteiger partial charge on any atom is 0.186 e. The zero-order chi connectivity index (χ0) is 20.3. The van der Waals surface area contributed by atoms with Crippen molar-refractivity contribution < 1.29 is 0 Å². The molecule has 0 amide bonds. The molecule has 0 unspecified atom stereocenters. The van der Waals surface area contributed by atoms with Crippen LogP contribution in [-0.4, -0.2) is 36.1 Å². The van der Waals surface area contributed by atoms with Gasteiger partial charge in [0.2, 0.25) is 0 Å². The molecule has 1 aliphatic heterocycles. The van der Waals surface area contributed by atoms with Gasteiger partial charge in [0, 0.05) is 26.2 Å². The van der Waals surface area contributed by atoms with Crippen LogP contribution in [0.2, 0.25) is 0 Å². The highest BCUT2D eigenvalue weighted by Crippen LogP contribution is 2.34. The van der Waals surface area contributed by atoms with Crippen LogP contribution in [0.1, 0.15) is 29.7 Å². The SMILES string of the molecule is CCc1cccc2sc(N3CCN(C(c4ccccc4)c4ccccc4)CC3)nc12. The number of aryl methyl sites for hydroxylation is 1. The predicted octanol–water partition coefficient (Wildman–Crippen LogP) is 5.77. The van der Waals surface area contributed by atoms with Gasteiger partial charge in [-0.05, 0) is 29.2 Å². The largest absolute Gasteiger partial charge is 0.345 e. The van der Waals surface area contributed by atoms with E-state index in [4.69, 9.17) is 4.98 Å². The Morgan fingerprint density at radius 1 is 0.800 bits per heavy atom. The maximum absolute atomic E-state index is 5.02. The van der Waals surface area contributed by atoms with Gasteiger partial charge in [-0.25, -0.2) is 4.98 Å². The standard InChI is InChI=1S/C26H27N3S/c1-2-20-14-9-15-23-24(20)27-26(30-23)29-18-16-28(17-19-29)25(21-10-5-3-6-11-21)22-12-7-4-8-13-22/h3-15,25H,2,16-19H2,1H3. The monoisotopic (exact) mass is 413 g/mol. The van der Waals surface area contributed by atoms with Crippen LogP contribution in [0.25, 0.3) is 10.2 Å². The number of nitrogens with zero attached hydrogens (tertiary/aromatic N) is 3. The summed E-state index contributed by atoms with van der Waals surface area (Å²) in [7, 11) is 0. The van der Waals surface area contributed by atoms with Gasteiger partial charge >= 0.3 is 0 Å². The fourth-order valence-corrected chi connectivity index (χ4v) is 5.54. The highest BCUT2D eigenvalue weighted by atomic mass is 32.1. The molecule has 0 aliphatic carbocycles. The van der Waals surface area contributed by atoms with E-state index in [9.17, 15) is 0 Å². The van der Waals surface area contributed by atoms with Crippen LogP contribution in [0.5, 0.6) is 0 Å². The van der Waals surface area contributed by atoms with E-state index in [2.05, 4.69) is 95.6 Å². The van der Waals surface area contributed by atoms with Crippen LogP contribution < -0.4 is 4.90 Å². The molecule has 0 N–H and O–H groups in total. The second-order valence-electron chi connectivity index (χ2n) is 7.86. The van der Waals surface area contributed by atoms with E-state index in [1.54, 1.807) is 0 Å². The first kappa shape index (κ1) is 19.3. The van der Waals surface area contributed by atoms with Gasteiger partial charge in [0.25, 0.3) is 0 Å². The molecule has 0 radical (unpaired) electrons. The second kappa shape index (κ2) is 8.58. The zero-order valence-electron chi connectivity index (χ0n) is 17.4. The number of hydrogen-bond acceptors (Lipinski definition) is 4. The van der Waals surface area contributed by atoms with E-state index < -0.39 is 0 Å². The number of aromatic nitrogens is 1. The number of benzene rings is 3. The molecule has 4 aromatic rings. The van der Waals surface area contributed by atoms with Gasteiger partial charge in [-0.2, -0.15) is 0 Å². The molecule has 1 aliphatic rings. The van der Waals surface area contributed by atoms with Crippen LogP contribution in [0.4, 0.5) is 5.13 Å². The Bertz CT molecular complexity index is 1060. The Balaban J connectivity index is 1.38. The van der Waals surface area contributed by atoms with Crippen molar-refractivity contribution in [3.05, 3.63) is 95.6 Å². The molecule has 1 fully saturated rings. The Kier molecular flexibility index (Phi) is 5.52. The molecule has 5 rings (SSSR count). The van der Waals surface area contributed by atoms with Gasteiger partial charge in [0.15, 0.2) is 5.13 Å². The van der Waals surface area contributed by atoms with E-state index in [1.807, 2.05) is 11.3 Å². The minimum atomic E-state index is 0.302. The quantitative estimate of drug-likeness (QED) is 0.414. The summed E-state index contributed by atoms with van der Waals surface area (Å²) in [6, 6.07) is 28.7. The minimum Gasteiger partial charge on any atom is -0.345 e. The van der Waals surface area contributed by atoms with Crippen molar-refractivity contribution in [2.75, 3.05) is 31.1 Å².